The molecule has 12 rings (SSSR count). The van der Waals surface area contributed by atoms with E-state index in [9.17, 15) is 0 Å². The van der Waals surface area contributed by atoms with Crippen molar-refractivity contribution in [1.29, 1.82) is 0 Å². The molecule has 6 aromatic carbocycles. The minimum absolute atomic E-state index is 0.550. The second-order valence-electron chi connectivity index (χ2n) is 14.0. The van der Waals surface area contributed by atoms with Crippen molar-refractivity contribution in [3.05, 3.63) is 218 Å². The van der Waals surface area contributed by atoms with Crippen LogP contribution in [0.15, 0.2) is 179 Å². The summed E-state index contributed by atoms with van der Waals surface area (Å²) in [6.07, 6.45) is 16.7. The van der Waals surface area contributed by atoms with E-state index in [1.165, 1.54) is 82.8 Å². The summed E-state index contributed by atoms with van der Waals surface area (Å²) in [5.41, 5.74) is 19.0. The van der Waals surface area contributed by atoms with E-state index >= 15 is 0 Å². The van der Waals surface area contributed by atoms with E-state index in [0.29, 0.717) is 0 Å². The predicted octanol–water partition coefficient (Wildman–Crippen LogP) is 10.8. The number of para-hydroxylation sites is 1. The van der Waals surface area contributed by atoms with E-state index < -0.39 is 5.41 Å². The van der Waals surface area contributed by atoms with Gasteiger partial charge in [-0.25, -0.2) is 9.98 Å². The zero-order valence-electron chi connectivity index (χ0n) is 27.6. The highest BCUT2D eigenvalue weighted by atomic mass is 14.8. The maximum Gasteiger partial charge on any atom is 0.0817 e. The number of hydrogen-bond acceptors (Lipinski definition) is 2. The highest BCUT2D eigenvalue weighted by molar-refractivity contribution is 6.13. The summed E-state index contributed by atoms with van der Waals surface area (Å²) < 4.78 is 0. The first-order chi connectivity index (χ1) is 25.3. The van der Waals surface area contributed by atoms with Gasteiger partial charge in [0.15, 0.2) is 0 Å². The Labute approximate surface area is 294 Å². The summed E-state index contributed by atoms with van der Waals surface area (Å²) in [4.78, 5) is 10.6. The van der Waals surface area contributed by atoms with Gasteiger partial charge >= 0.3 is 0 Å². The zero-order chi connectivity index (χ0) is 33.3. The first-order valence-corrected chi connectivity index (χ1v) is 17.7. The average molecular weight is 645 g/mol. The molecular formula is C49H28N2. The Bertz CT molecular complexity index is 3030. The van der Waals surface area contributed by atoms with Crippen LogP contribution in [-0.2, 0) is 0 Å². The third-order valence-electron chi connectivity index (χ3n) is 11.6. The molecule has 0 bridgehead atoms. The van der Waals surface area contributed by atoms with Crippen molar-refractivity contribution in [2.75, 3.05) is 0 Å². The predicted molar refractivity (Wildman–Crippen MR) is 207 cm³/mol. The van der Waals surface area contributed by atoms with Gasteiger partial charge in [0.05, 0.1) is 27.5 Å². The minimum atomic E-state index is -0.550. The van der Waals surface area contributed by atoms with Crippen LogP contribution in [0.1, 0.15) is 27.8 Å². The fourth-order valence-electron chi connectivity index (χ4n) is 9.46. The molecule has 234 valence electrons. The van der Waals surface area contributed by atoms with Crippen molar-refractivity contribution < 1.29 is 0 Å². The Balaban J connectivity index is 1.22. The lowest BCUT2D eigenvalue weighted by atomic mass is 9.59. The van der Waals surface area contributed by atoms with E-state index in [2.05, 4.69) is 170 Å². The van der Waals surface area contributed by atoms with Gasteiger partial charge in [-0.1, -0.05) is 134 Å². The lowest BCUT2D eigenvalue weighted by Crippen LogP contribution is -2.29. The number of nitrogens with zero attached hydrogens (tertiary/aromatic N) is 2. The molecule has 6 aliphatic rings. The van der Waals surface area contributed by atoms with Crippen LogP contribution in [0, 0.1) is 15.9 Å². The van der Waals surface area contributed by atoms with Crippen LogP contribution < -0.4 is 10.7 Å². The van der Waals surface area contributed by atoms with E-state index in [4.69, 9.17) is 9.98 Å². The van der Waals surface area contributed by atoms with Crippen LogP contribution in [0.5, 0.6) is 0 Å². The highest BCUT2D eigenvalue weighted by Crippen LogP contribution is 2.65. The average Bonchev–Trinajstić information content (AvgIpc) is 3.96. The summed E-state index contributed by atoms with van der Waals surface area (Å²) in [5.74, 6) is 0. The summed E-state index contributed by atoms with van der Waals surface area (Å²) in [6.45, 7) is 0. The third-order valence-corrected chi connectivity index (χ3v) is 11.6. The summed E-state index contributed by atoms with van der Waals surface area (Å²) in [6, 6.07) is 45.9. The molecule has 0 fully saturated rings. The van der Waals surface area contributed by atoms with Gasteiger partial charge in [0.2, 0.25) is 0 Å². The van der Waals surface area contributed by atoms with Crippen LogP contribution in [0.3, 0.4) is 0 Å². The maximum absolute atomic E-state index is 5.32. The molecule has 0 radical (unpaired) electrons. The smallest absolute Gasteiger partial charge is 0.0817 e. The van der Waals surface area contributed by atoms with Crippen molar-refractivity contribution in [3.63, 3.8) is 0 Å². The Morgan fingerprint density at radius 1 is 0.431 bits per heavy atom. The Hall–Kier alpha value is -6.64. The van der Waals surface area contributed by atoms with Crippen LogP contribution in [0.4, 0.5) is 11.4 Å². The molecule has 1 spiro atoms. The number of fused-ring (bicyclic) bond motifs is 14. The largest absolute Gasteiger partial charge is 0.248 e. The van der Waals surface area contributed by atoms with Crippen molar-refractivity contribution in [2.24, 2.45) is 15.4 Å². The SMILES string of the molecule is C1=CC2(C3=Cc4ccccc4C3=C1)C1=Cc3ccccc3C1=CC=C2c1c(-c2ccccc2)ccc2c1-c1c3c(ccc1=N2)=c1ccccc1=N3. The fraction of sp³-hybridized carbons (Fsp3) is 0.0204. The first kappa shape index (κ1) is 27.2. The number of benzene rings is 6. The minimum Gasteiger partial charge on any atom is -0.248 e. The molecule has 2 heterocycles. The van der Waals surface area contributed by atoms with Crippen LogP contribution >= 0.6 is 0 Å². The van der Waals surface area contributed by atoms with Crippen LogP contribution in [-0.4, -0.2) is 0 Å². The van der Waals surface area contributed by atoms with E-state index in [1.807, 2.05) is 0 Å². The Kier molecular flexibility index (Phi) is 5.20. The number of hydrogen-bond donors (Lipinski definition) is 0. The van der Waals surface area contributed by atoms with Gasteiger partial charge in [0, 0.05) is 21.6 Å². The lowest BCUT2D eigenvalue weighted by Gasteiger charge is -2.43. The molecule has 2 heteroatoms. The maximum atomic E-state index is 5.32. The molecule has 2 nitrogen and oxygen atoms in total. The van der Waals surface area contributed by atoms with E-state index in [1.54, 1.807) is 0 Å². The normalized spacial score (nSPS) is 18.7. The molecule has 4 aliphatic carbocycles. The number of allylic oxidation sites excluding steroid dienone is 10. The fourth-order valence-corrected chi connectivity index (χ4v) is 9.46. The molecule has 0 saturated carbocycles. The second kappa shape index (κ2) is 9.74. The quantitative estimate of drug-likeness (QED) is 0.179. The van der Waals surface area contributed by atoms with Gasteiger partial charge in [-0.2, -0.15) is 0 Å². The Morgan fingerprint density at radius 2 is 1.14 bits per heavy atom. The van der Waals surface area contributed by atoms with Crippen molar-refractivity contribution >= 4 is 40.2 Å². The lowest BCUT2D eigenvalue weighted by molar-refractivity contribution is 0.779. The molecule has 0 saturated heterocycles. The van der Waals surface area contributed by atoms with Gasteiger partial charge in [-0.3, -0.25) is 0 Å². The van der Waals surface area contributed by atoms with Crippen LogP contribution in [0.25, 0.3) is 51.1 Å². The molecule has 1 unspecified atom stereocenters. The number of rotatable bonds is 2. The first-order valence-electron chi connectivity index (χ1n) is 17.7. The van der Waals surface area contributed by atoms with Crippen molar-refractivity contribution in [2.45, 2.75) is 0 Å². The molecule has 1 atom stereocenters. The molecule has 0 aromatic heterocycles. The van der Waals surface area contributed by atoms with Gasteiger partial charge in [0.25, 0.3) is 0 Å². The van der Waals surface area contributed by atoms with Crippen molar-refractivity contribution in [1.82, 2.24) is 0 Å². The van der Waals surface area contributed by atoms with Gasteiger partial charge in [-0.05, 0) is 103 Å². The van der Waals surface area contributed by atoms with Gasteiger partial charge < -0.3 is 0 Å². The van der Waals surface area contributed by atoms with Crippen molar-refractivity contribution in [3.8, 4) is 22.3 Å². The molecule has 51 heavy (non-hydrogen) atoms. The molecule has 0 N–H and O–H groups in total. The highest BCUT2D eigenvalue weighted by Gasteiger charge is 2.49. The van der Waals surface area contributed by atoms with Crippen LogP contribution in [0.2, 0.25) is 0 Å². The molecule has 6 aromatic rings. The third kappa shape index (κ3) is 3.46. The monoisotopic (exact) mass is 644 g/mol. The summed E-state index contributed by atoms with van der Waals surface area (Å²) in [7, 11) is 0. The molecular weight excluding hydrogens is 617 g/mol. The van der Waals surface area contributed by atoms with E-state index in [0.717, 1.165) is 27.7 Å². The summed E-state index contributed by atoms with van der Waals surface area (Å²) >= 11 is 0. The molecule has 2 aliphatic heterocycles. The van der Waals surface area contributed by atoms with E-state index in [-0.39, 0.29) is 0 Å². The summed E-state index contributed by atoms with van der Waals surface area (Å²) in [5, 5.41) is 4.35. The standard InChI is InChI=1S/C49H28N2/c1-2-11-29(12-3-1)34-21-24-43-46(47-44(50-43)25-22-38-37-17-8-9-19-42(37)51-48(38)47)45(34)39-23-20-36-33-16-7-5-14-31(33)28-41(36)49(39)26-10-18-35-32-15-6-4-13-30(32)27-40(35)49/h1-28H. The second-order valence-corrected chi connectivity index (χ2v) is 14.0. The van der Waals surface area contributed by atoms with Gasteiger partial charge in [0.1, 0.15) is 0 Å². The Morgan fingerprint density at radius 3 is 1.94 bits per heavy atom. The van der Waals surface area contributed by atoms with Gasteiger partial charge in [-0.15, -0.1) is 0 Å². The topological polar surface area (TPSA) is 24.7 Å². The zero-order valence-corrected chi connectivity index (χ0v) is 27.6. The molecule has 0 amide bonds.